The summed E-state index contributed by atoms with van der Waals surface area (Å²) in [5.74, 6) is 2.32. The van der Waals surface area contributed by atoms with Crippen molar-refractivity contribution in [1.29, 1.82) is 0 Å². The third kappa shape index (κ3) is 2.23. The lowest BCUT2D eigenvalue weighted by molar-refractivity contribution is -0.157. The van der Waals surface area contributed by atoms with E-state index in [4.69, 9.17) is 4.74 Å². The van der Waals surface area contributed by atoms with Crippen molar-refractivity contribution in [3.63, 3.8) is 0 Å². The van der Waals surface area contributed by atoms with Crippen molar-refractivity contribution in [2.24, 2.45) is 28.6 Å². The van der Waals surface area contributed by atoms with E-state index in [0.29, 0.717) is 17.6 Å². The highest BCUT2D eigenvalue weighted by Crippen LogP contribution is 2.65. The van der Waals surface area contributed by atoms with Crippen LogP contribution in [0.3, 0.4) is 0 Å². The molecule has 132 valence electrons. The Balaban J connectivity index is 1.62. The van der Waals surface area contributed by atoms with E-state index in [2.05, 4.69) is 13.8 Å². The minimum atomic E-state index is -0.129. The van der Waals surface area contributed by atoms with Gasteiger partial charge in [-0.1, -0.05) is 19.4 Å². The van der Waals surface area contributed by atoms with Crippen LogP contribution in [0.2, 0.25) is 0 Å². The zero-order valence-corrected chi connectivity index (χ0v) is 15.3. The fourth-order valence-electron chi connectivity index (χ4n) is 6.91. The molecule has 0 aromatic rings. The zero-order valence-electron chi connectivity index (χ0n) is 15.3. The summed E-state index contributed by atoms with van der Waals surface area (Å²) in [6.45, 7) is 6.33. The molecule has 4 aliphatic rings. The second kappa shape index (κ2) is 5.44. The van der Waals surface area contributed by atoms with E-state index in [9.17, 15) is 9.59 Å². The number of hydrogen-bond donors (Lipinski definition) is 0. The Bertz CT molecular complexity index is 606. The molecule has 0 aromatic heterocycles. The number of allylic oxidation sites excluding steroid dienone is 1. The molecule has 0 radical (unpaired) electrons. The molecule has 3 heteroatoms. The zero-order chi connectivity index (χ0) is 17.1. The molecule has 3 fully saturated rings. The smallest absolute Gasteiger partial charge is 0.302 e. The Morgan fingerprint density at radius 3 is 2.62 bits per heavy atom. The largest absolute Gasteiger partial charge is 0.462 e. The van der Waals surface area contributed by atoms with Gasteiger partial charge in [-0.2, -0.15) is 0 Å². The predicted octanol–water partition coefficient (Wildman–Crippen LogP) is 4.45. The number of esters is 1. The van der Waals surface area contributed by atoms with Crippen molar-refractivity contribution in [1.82, 2.24) is 0 Å². The number of fused-ring (bicyclic) bond motifs is 5. The number of carbonyl (C=O) groups is 2. The molecule has 4 rings (SSSR count). The van der Waals surface area contributed by atoms with Gasteiger partial charge in [0.1, 0.15) is 6.10 Å². The SMILES string of the molecule is CC(=O)O[C@H]1CC[C@H]2[C@@H]3CCC4=CC(=O)CC[C@]4(C)C3CC[C@]12C. The van der Waals surface area contributed by atoms with Crippen LogP contribution in [0, 0.1) is 28.6 Å². The van der Waals surface area contributed by atoms with Gasteiger partial charge in [-0.15, -0.1) is 0 Å². The van der Waals surface area contributed by atoms with Gasteiger partial charge in [0.05, 0.1) is 0 Å². The molecule has 3 saturated carbocycles. The molecule has 24 heavy (non-hydrogen) atoms. The van der Waals surface area contributed by atoms with E-state index in [-0.39, 0.29) is 22.9 Å². The summed E-state index contributed by atoms with van der Waals surface area (Å²) in [4.78, 5) is 23.4. The van der Waals surface area contributed by atoms with Crippen LogP contribution in [-0.4, -0.2) is 17.9 Å². The van der Waals surface area contributed by atoms with Gasteiger partial charge in [-0.05, 0) is 74.2 Å². The first-order chi connectivity index (χ1) is 11.3. The maximum atomic E-state index is 11.9. The number of ether oxygens (including phenoxy) is 1. The highest BCUT2D eigenvalue weighted by Gasteiger charge is 2.59. The molecule has 0 heterocycles. The van der Waals surface area contributed by atoms with E-state index in [1.165, 1.54) is 24.8 Å². The Labute approximate surface area is 145 Å². The monoisotopic (exact) mass is 330 g/mol. The summed E-state index contributed by atoms with van der Waals surface area (Å²) in [7, 11) is 0. The average Bonchev–Trinajstić information content (AvgIpc) is 2.84. The van der Waals surface area contributed by atoms with E-state index < -0.39 is 0 Å². The number of carbonyl (C=O) groups excluding carboxylic acids is 2. The summed E-state index contributed by atoms with van der Waals surface area (Å²) in [5.41, 5.74) is 1.82. The highest BCUT2D eigenvalue weighted by molar-refractivity contribution is 5.91. The van der Waals surface area contributed by atoms with Gasteiger partial charge in [0.25, 0.3) is 0 Å². The van der Waals surface area contributed by atoms with Crippen LogP contribution in [0.25, 0.3) is 0 Å². The van der Waals surface area contributed by atoms with Gasteiger partial charge in [0, 0.05) is 18.8 Å². The van der Waals surface area contributed by atoms with Gasteiger partial charge < -0.3 is 4.74 Å². The van der Waals surface area contributed by atoms with Gasteiger partial charge >= 0.3 is 5.97 Å². The van der Waals surface area contributed by atoms with E-state index in [0.717, 1.165) is 38.0 Å². The Morgan fingerprint density at radius 2 is 1.88 bits per heavy atom. The lowest BCUT2D eigenvalue weighted by Gasteiger charge is -2.57. The summed E-state index contributed by atoms with van der Waals surface area (Å²) in [6, 6.07) is 0. The molecule has 0 amide bonds. The third-order valence-corrected chi connectivity index (χ3v) is 8.18. The molecule has 0 aliphatic heterocycles. The Hall–Kier alpha value is -1.12. The number of ketones is 1. The lowest BCUT2D eigenvalue weighted by atomic mass is 9.47. The topological polar surface area (TPSA) is 43.4 Å². The van der Waals surface area contributed by atoms with Crippen LogP contribution in [-0.2, 0) is 14.3 Å². The molecule has 0 aromatic carbocycles. The molecule has 4 aliphatic carbocycles. The minimum Gasteiger partial charge on any atom is -0.462 e. The molecule has 3 nitrogen and oxygen atoms in total. The first-order valence-electron chi connectivity index (χ1n) is 9.76. The lowest BCUT2D eigenvalue weighted by Crippen LogP contribution is -2.51. The molecular formula is C21H30O3. The van der Waals surface area contributed by atoms with Crippen molar-refractivity contribution in [2.75, 3.05) is 0 Å². The molecule has 0 bridgehead atoms. The van der Waals surface area contributed by atoms with Gasteiger partial charge in [0.2, 0.25) is 0 Å². The van der Waals surface area contributed by atoms with E-state index in [1.807, 2.05) is 6.08 Å². The van der Waals surface area contributed by atoms with Crippen LogP contribution in [0.4, 0.5) is 0 Å². The van der Waals surface area contributed by atoms with E-state index in [1.54, 1.807) is 6.92 Å². The second-order valence-electron chi connectivity index (χ2n) is 9.19. The predicted molar refractivity (Wildman–Crippen MR) is 92.3 cm³/mol. The first kappa shape index (κ1) is 16.4. The van der Waals surface area contributed by atoms with Gasteiger partial charge in [0.15, 0.2) is 5.78 Å². The average molecular weight is 330 g/mol. The van der Waals surface area contributed by atoms with Crippen molar-refractivity contribution < 1.29 is 14.3 Å². The second-order valence-corrected chi connectivity index (χ2v) is 9.19. The fourth-order valence-corrected chi connectivity index (χ4v) is 6.91. The quantitative estimate of drug-likeness (QED) is 0.667. The molecular weight excluding hydrogens is 300 g/mol. The Morgan fingerprint density at radius 1 is 1.08 bits per heavy atom. The normalized spacial score (nSPS) is 47.3. The fraction of sp³-hybridized carbons (Fsp3) is 0.810. The number of hydrogen-bond acceptors (Lipinski definition) is 3. The maximum absolute atomic E-state index is 11.9. The van der Waals surface area contributed by atoms with Crippen LogP contribution >= 0.6 is 0 Å². The molecule has 0 N–H and O–H groups in total. The van der Waals surface area contributed by atoms with E-state index >= 15 is 0 Å². The molecule has 0 spiro atoms. The van der Waals surface area contributed by atoms with Crippen molar-refractivity contribution in [2.45, 2.75) is 78.2 Å². The van der Waals surface area contributed by atoms with Crippen molar-refractivity contribution in [3.05, 3.63) is 11.6 Å². The third-order valence-electron chi connectivity index (χ3n) is 8.18. The summed E-state index contributed by atoms with van der Waals surface area (Å²) in [6.07, 6.45) is 10.8. The van der Waals surface area contributed by atoms with Crippen molar-refractivity contribution >= 4 is 11.8 Å². The molecule has 6 atom stereocenters. The van der Waals surface area contributed by atoms with Crippen molar-refractivity contribution in [3.8, 4) is 0 Å². The van der Waals surface area contributed by atoms with Crippen LogP contribution in [0.5, 0.6) is 0 Å². The molecule has 1 unspecified atom stereocenters. The maximum Gasteiger partial charge on any atom is 0.302 e. The van der Waals surface area contributed by atoms with Crippen LogP contribution in [0.15, 0.2) is 11.6 Å². The Kier molecular flexibility index (Phi) is 3.71. The highest BCUT2D eigenvalue weighted by atomic mass is 16.5. The summed E-state index contributed by atoms with van der Waals surface area (Å²) >= 11 is 0. The molecule has 0 saturated heterocycles. The number of rotatable bonds is 1. The van der Waals surface area contributed by atoms with Crippen LogP contribution < -0.4 is 0 Å². The summed E-state index contributed by atoms with van der Waals surface area (Å²) < 4.78 is 5.71. The van der Waals surface area contributed by atoms with Gasteiger partial charge in [-0.25, -0.2) is 0 Å². The first-order valence-corrected chi connectivity index (χ1v) is 9.76. The van der Waals surface area contributed by atoms with Gasteiger partial charge in [-0.3, -0.25) is 9.59 Å². The summed E-state index contributed by atoms with van der Waals surface area (Å²) in [5, 5.41) is 0. The minimum absolute atomic E-state index is 0.110. The van der Waals surface area contributed by atoms with Crippen LogP contribution in [0.1, 0.15) is 72.1 Å². The standard InChI is InChI=1S/C21H30O3/c1-13(22)24-19-7-6-17-16-5-4-14-12-15(23)8-10-20(14,2)18(16)9-11-21(17,19)3/h12,16-19H,4-11H2,1-3H3/t16-,17-,18?,19-,20-,21-/m0/s1.